The maximum Gasteiger partial charge on any atom is 0.257 e. The first kappa shape index (κ1) is 19.7. The maximum atomic E-state index is 14.9. The number of rotatable bonds is 3. The van der Waals surface area contributed by atoms with Crippen molar-refractivity contribution in [2.75, 3.05) is 6.54 Å². The third-order valence-electron chi connectivity index (χ3n) is 5.29. The van der Waals surface area contributed by atoms with Gasteiger partial charge in [0.25, 0.3) is 5.92 Å². The van der Waals surface area contributed by atoms with Crippen LogP contribution in [0, 0.1) is 15.2 Å². The van der Waals surface area contributed by atoms with Gasteiger partial charge >= 0.3 is 0 Å². The maximum absolute atomic E-state index is 14.9. The van der Waals surface area contributed by atoms with Crippen molar-refractivity contribution in [2.24, 2.45) is 0 Å². The third-order valence-corrected chi connectivity index (χ3v) is 5.92. The first-order valence-electron chi connectivity index (χ1n) is 9.03. The lowest BCUT2D eigenvalue weighted by molar-refractivity contribution is -0.0374. The van der Waals surface area contributed by atoms with Gasteiger partial charge in [-0.05, 0) is 59.7 Å². The Morgan fingerprint density at radius 2 is 1.82 bits per heavy atom. The van der Waals surface area contributed by atoms with E-state index in [1.54, 1.807) is 0 Å². The Morgan fingerprint density at radius 3 is 2.46 bits per heavy atom. The van der Waals surface area contributed by atoms with Crippen molar-refractivity contribution in [1.29, 1.82) is 0 Å². The number of fused-ring (bicyclic) bond motifs is 3. The molecule has 1 aliphatic heterocycles. The highest BCUT2D eigenvalue weighted by atomic mass is 127. The number of nitrogens with zero attached hydrogens (tertiary/aromatic N) is 1. The summed E-state index contributed by atoms with van der Waals surface area (Å²) < 4.78 is 58.2. The number of nitrogens with one attached hydrogen (secondary N) is 1. The van der Waals surface area contributed by atoms with Crippen molar-refractivity contribution in [3.8, 4) is 0 Å². The molecular weight excluding hydrogens is 483 g/mol. The minimum atomic E-state index is -2.99. The minimum Gasteiger partial charge on any atom is -0.357 e. The molecule has 1 N–H and O–H groups in total. The monoisotopic (exact) mass is 502 g/mol. The van der Waals surface area contributed by atoms with Crippen LogP contribution in [0.15, 0.2) is 36.4 Å². The van der Waals surface area contributed by atoms with Gasteiger partial charge in [0.05, 0.1) is 12.6 Å². The van der Waals surface area contributed by atoms with E-state index in [9.17, 15) is 17.6 Å². The zero-order valence-electron chi connectivity index (χ0n) is 15.4. The molecule has 28 heavy (non-hydrogen) atoms. The van der Waals surface area contributed by atoms with Crippen molar-refractivity contribution < 1.29 is 17.6 Å². The molecule has 148 valence electrons. The highest BCUT2D eigenvalue weighted by Gasteiger charge is 2.42. The predicted molar refractivity (Wildman–Crippen MR) is 110 cm³/mol. The molecule has 0 aliphatic carbocycles. The quantitative estimate of drug-likeness (QED) is 0.342. The van der Waals surface area contributed by atoms with Gasteiger partial charge in [-0.15, -0.1) is 0 Å². The molecule has 3 aromatic rings. The molecule has 0 fully saturated rings. The largest absolute Gasteiger partial charge is 0.357 e. The van der Waals surface area contributed by atoms with Crippen molar-refractivity contribution >= 4 is 33.5 Å². The van der Waals surface area contributed by atoms with Crippen molar-refractivity contribution in [2.45, 2.75) is 38.3 Å². The second-order valence-corrected chi connectivity index (χ2v) is 8.79. The van der Waals surface area contributed by atoms with Crippen molar-refractivity contribution in [3.63, 3.8) is 0 Å². The van der Waals surface area contributed by atoms with Crippen LogP contribution in [-0.2, 0) is 6.42 Å². The molecule has 0 radical (unpaired) electrons. The van der Waals surface area contributed by atoms with E-state index in [1.807, 2.05) is 53.8 Å². The lowest BCUT2D eigenvalue weighted by Gasteiger charge is -2.42. The van der Waals surface area contributed by atoms with Crippen LogP contribution in [0.2, 0.25) is 0 Å². The molecule has 0 spiro atoms. The van der Waals surface area contributed by atoms with Crippen molar-refractivity contribution in [1.82, 2.24) is 9.88 Å². The molecule has 4 rings (SSSR count). The van der Waals surface area contributed by atoms with E-state index in [1.165, 1.54) is 17.0 Å². The van der Waals surface area contributed by atoms with E-state index in [0.717, 1.165) is 23.4 Å². The van der Waals surface area contributed by atoms with E-state index in [0.29, 0.717) is 15.7 Å². The minimum absolute atomic E-state index is 0.191. The number of aromatic nitrogens is 1. The average Bonchev–Trinajstić information content (AvgIpc) is 2.94. The summed E-state index contributed by atoms with van der Waals surface area (Å²) in [6.45, 7) is 2.07. The summed E-state index contributed by atoms with van der Waals surface area (Å²) in [7, 11) is 0. The smallest absolute Gasteiger partial charge is 0.257 e. The molecule has 2 heterocycles. The Labute approximate surface area is 174 Å². The van der Waals surface area contributed by atoms with Crippen LogP contribution in [0.1, 0.15) is 36.7 Å². The fourth-order valence-electron chi connectivity index (χ4n) is 4.20. The molecule has 2 nitrogen and oxygen atoms in total. The molecule has 1 aliphatic rings. The van der Waals surface area contributed by atoms with Gasteiger partial charge in [0.15, 0.2) is 0 Å². The average molecular weight is 502 g/mol. The number of alkyl halides is 2. The number of benzene rings is 2. The van der Waals surface area contributed by atoms with E-state index in [2.05, 4.69) is 4.98 Å². The lowest BCUT2D eigenvalue weighted by Crippen LogP contribution is -2.47. The number of H-pyrrole nitrogens is 1. The van der Waals surface area contributed by atoms with Gasteiger partial charge < -0.3 is 4.98 Å². The number of hydrogen-bond donors (Lipinski definition) is 1. The van der Waals surface area contributed by atoms with Crippen LogP contribution in [0.25, 0.3) is 10.9 Å². The molecule has 0 amide bonds. The summed E-state index contributed by atoms with van der Waals surface area (Å²) in [5, 5.41) is 0.962. The van der Waals surface area contributed by atoms with E-state index >= 15 is 0 Å². The number of halogens is 5. The van der Waals surface area contributed by atoms with Crippen molar-refractivity contribution in [3.05, 3.63) is 68.4 Å². The first-order valence-corrected chi connectivity index (χ1v) is 10.1. The topological polar surface area (TPSA) is 19.0 Å². The van der Waals surface area contributed by atoms with Gasteiger partial charge in [-0.1, -0.05) is 18.2 Å². The van der Waals surface area contributed by atoms with Gasteiger partial charge in [-0.3, -0.25) is 4.90 Å². The second kappa shape index (κ2) is 7.02. The van der Waals surface area contributed by atoms with Gasteiger partial charge in [0.2, 0.25) is 0 Å². The van der Waals surface area contributed by atoms with E-state index in [-0.39, 0.29) is 11.6 Å². The number of aromatic amines is 1. The van der Waals surface area contributed by atoms with Crippen LogP contribution in [-0.4, -0.2) is 28.4 Å². The Hall–Kier alpha value is -1.61. The molecule has 0 saturated carbocycles. The van der Waals surface area contributed by atoms with E-state index < -0.39 is 30.1 Å². The summed E-state index contributed by atoms with van der Waals surface area (Å²) in [6, 6.07) is 8.82. The lowest BCUT2D eigenvalue weighted by atomic mass is 9.88. The second-order valence-electron chi connectivity index (χ2n) is 7.54. The predicted octanol–water partition coefficient (Wildman–Crippen LogP) is 6.04. The molecule has 0 unspecified atom stereocenters. The fourth-order valence-corrected chi connectivity index (χ4v) is 4.75. The third kappa shape index (κ3) is 3.43. The molecule has 0 saturated heterocycles. The Kier molecular flexibility index (Phi) is 4.94. The first-order chi connectivity index (χ1) is 13.2. The SMILES string of the molecule is C[C@@H]1Cc2c([nH]c3ccccc23)[C@@H](c2c(F)cc(I)cc2F)N1CC(C)(F)F. The molecule has 0 bridgehead atoms. The highest BCUT2D eigenvalue weighted by molar-refractivity contribution is 14.1. The van der Waals surface area contributed by atoms with E-state index in [4.69, 9.17) is 0 Å². The van der Waals surface area contributed by atoms with Gasteiger partial charge in [0.1, 0.15) is 11.6 Å². The van der Waals surface area contributed by atoms with Crippen LogP contribution >= 0.6 is 22.6 Å². The summed E-state index contributed by atoms with van der Waals surface area (Å²) >= 11 is 1.84. The number of para-hydroxylation sites is 1. The van der Waals surface area contributed by atoms with Gasteiger partial charge in [-0.2, -0.15) is 0 Å². The van der Waals surface area contributed by atoms with Crippen LogP contribution < -0.4 is 0 Å². The number of hydrogen-bond acceptors (Lipinski definition) is 1. The fraction of sp³-hybridized carbons (Fsp3) is 0.333. The zero-order chi connectivity index (χ0) is 20.2. The summed E-state index contributed by atoms with van der Waals surface area (Å²) in [6.07, 6.45) is 0.527. The van der Waals surface area contributed by atoms with Crippen LogP contribution in [0.5, 0.6) is 0 Å². The Morgan fingerprint density at radius 1 is 1.18 bits per heavy atom. The molecular formula is C21H19F4IN2. The summed E-state index contributed by atoms with van der Waals surface area (Å²) in [4.78, 5) is 4.75. The Bertz CT molecular complexity index is 1020. The Balaban J connectivity index is 1.98. The highest BCUT2D eigenvalue weighted by Crippen LogP contribution is 2.43. The summed E-state index contributed by atoms with van der Waals surface area (Å²) in [5.74, 6) is -4.44. The molecule has 1 aromatic heterocycles. The molecule has 2 atom stereocenters. The normalized spacial score (nSPS) is 20.5. The molecule has 7 heteroatoms. The van der Waals surface area contributed by atoms with Gasteiger partial charge in [0, 0.05) is 38.7 Å². The van der Waals surface area contributed by atoms with Gasteiger partial charge in [-0.25, -0.2) is 17.6 Å². The van der Waals surface area contributed by atoms with Crippen LogP contribution in [0.4, 0.5) is 17.6 Å². The summed E-state index contributed by atoms with van der Waals surface area (Å²) in [5.41, 5.74) is 2.16. The standard InChI is InChI=1S/C21H19F4IN2/c1-11-7-14-13-5-3-4-6-17(13)27-19(14)20(28(11)10-21(2,24)25)18-15(22)8-12(26)9-16(18)23/h3-6,8-9,11,20,27H,7,10H2,1-2H3/t11-,20-/m1/s1. The molecule has 2 aromatic carbocycles. The van der Waals surface area contributed by atoms with Crippen LogP contribution in [0.3, 0.4) is 0 Å². The zero-order valence-corrected chi connectivity index (χ0v) is 17.5.